The molecule has 4 rings (SSSR count). The summed E-state index contributed by atoms with van der Waals surface area (Å²) in [6.45, 7) is 1.12. The second kappa shape index (κ2) is 9.24. The van der Waals surface area contributed by atoms with Gasteiger partial charge in [0.05, 0.1) is 16.2 Å². The molecule has 9 nitrogen and oxygen atoms in total. The normalized spacial score (nSPS) is 15.5. The van der Waals surface area contributed by atoms with E-state index in [1.54, 1.807) is 36.5 Å². The molecule has 176 valence electrons. The van der Waals surface area contributed by atoms with Gasteiger partial charge in [0.2, 0.25) is 10.0 Å². The SMILES string of the molecule is CS(=O)(=O)CCNC(=O)c1c[nH]c2ncc(-c3ccc(S(=O)(=O)N4CCCCC4)cc3)cc12. The van der Waals surface area contributed by atoms with Crippen molar-refractivity contribution in [2.45, 2.75) is 24.2 Å². The summed E-state index contributed by atoms with van der Waals surface area (Å²) in [7, 11) is -6.68. The fourth-order valence-electron chi connectivity index (χ4n) is 3.87. The molecule has 1 fully saturated rings. The summed E-state index contributed by atoms with van der Waals surface area (Å²) < 4.78 is 49.8. The molecule has 1 aromatic carbocycles. The molecule has 0 aliphatic carbocycles. The van der Waals surface area contributed by atoms with Gasteiger partial charge in [-0.2, -0.15) is 4.31 Å². The van der Waals surface area contributed by atoms with E-state index < -0.39 is 25.8 Å². The molecular weight excluding hydrogens is 464 g/mol. The molecule has 1 amide bonds. The molecule has 3 aromatic rings. The number of nitrogens with zero attached hydrogens (tertiary/aromatic N) is 2. The average Bonchev–Trinajstić information content (AvgIpc) is 3.22. The molecule has 2 aromatic heterocycles. The third-order valence-corrected chi connectivity index (χ3v) is 8.53. The van der Waals surface area contributed by atoms with E-state index in [0.717, 1.165) is 36.6 Å². The number of piperidine rings is 1. The molecule has 0 bridgehead atoms. The van der Waals surface area contributed by atoms with Gasteiger partial charge in [0, 0.05) is 49.2 Å². The number of sulfone groups is 1. The van der Waals surface area contributed by atoms with Crippen molar-refractivity contribution in [1.29, 1.82) is 0 Å². The van der Waals surface area contributed by atoms with Crippen LogP contribution in [0, 0.1) is 0 Å². The van der Waals surface area contributed by atoms with Crippen LogP contribution in [0.2, 0.25) is 0 Å². The number of sulfonamides is 1. The first-order chi connectivity index (χ1) is 15.6. The highest BCUT2D eigenvalue weighted by molar-refractivity contribution is 7.90. The van der Waals surface area contributed by atoms with E-state index >= 15 is 0 Å². The zero-order valence-electron chi connectivity index (χ0n) is 18.2. The van der Waals surface area contributed by atoms with Gasteiger partial charge in [-0.1, -0.05) is 18.6 Å². The summed E-state index contributed by atoms with van der Waals surface area (Å²) in [5.74, 6) is -0.538. The molecule has 1 aliphatic rings. The predicted octanol–water partition coefficient (Wildman–Crippen LogP) is 2.18. The van der Waals surface area contributed by atoms with Crippen molar-refractivity contribution < 1.29 is 21.6 Å². The minimum atomic E-state index is -3.51. The van der Waals surface area contributed by atoms with E-state index in [9.17, 15) is 21.6 Å². The second-order valence-electron chi connectivity index (χ2n) is 8.20. The first-order valence-corrected chi connectivity index (χ1v) is 14.2. The van der Waals surface area contributed by atoms with Gasteiger partial charge in [0.15, 0.2) is 0 Å². The Morgan fingerprint density at radius 2 is 1.76 bits per heavy atom. The Morgan fingerprint density at radius 3 is 2.42 bits per heavy atom. The van der Waals surface area contributed by atoms with Gasteiger partial charge in [-0.3, -0.25) is 4.79 Å². The zero-order chi connectivity index (χ0) is 23.6. The number of benzene rings is 1. The monoisotopic (exact) mass is 490 g/mol. The Labute approximate surface area is 193 Å². The summed E-state index contributed by atoms with van der Waals surface area (Å²) in [4.78, 5) is 20.1. The maximum absolute atomic E-state index is 12.9. The number of amides is 1. The first-order valence-electron chi connectivity index (χ1n) is 10.7. The average molecular weight is 491 g/mol. The van der Waals surface area contributed by atoms with Crippen molar-refractivity contribution in [2.75, 3.05) is 31.6 Å². The second-order valence-corrected chi connectivity index (χ2v) is 12.4. The molecule has 2 N–H and O–H groups in total. The minimum absolute atomic E-state index is 0.0183. The molecule has 1 aliphatic heterocycles. The lowest BCUT2D eigenvalue weighted by molar-refractivity contribution is 0.0958. The van der Waals surface area contributed by atoms with Gasteiger partial charge in [-0.05, 0) is 36.6 Å². The Hall–Kier alpha value is -2.76. The molecular formula is C22H26N4O5S2. The van der Waals surface area contributed by atoms with E-state index in [4.69, 9.17) is 0 Å². The maximum atomic E-state index is 12.9. The smallest absolute Gasteiger partial charge is 0.253 e. The van der Waals surface area contributed by atoms with Crippen LogP contribution < -0.4 is 5.32 Å². The van der Waals surface area contributed by atoms with Crippen molar-refractivity contribution in [1.82, 2.24) is 19.6 Å². The van der Waals surface area contributed by atoms with Gasteiger partial charge < -0.3 is 10.3 Å². The number of carbonyl (C=O) groups excluding carboxylic acids is 1. The molecule has 0 unspecified atom stereocenters. The van der Waals surface area contributed by atoms with Crippen LogP contribution in [0.25, 0.3) is 22.2 Å². The van der Waals surface area contributed by atoms with E-state index in [1.165, 1.54) is 10.5 Å². The van der Waals surface area contributed by atoms with Crippen LogP contribution in [0.1, 0.15) is 29.6 Å². The summed E-state index contributed by atoms with van der Waals surface area (Å²) in [5.41, 5.74) is 2.38. The number of fused-ring (bicyclic) bond motifs is 1. The van der Waals surface area contributed by atoms with Crippen LogP contribution in [0.15, 0.2) is 47.6 Å². The fraction of sp³-hybridized carbons (Fsp3) is 0.364. The van der Waals surface area contributed by atoms with Crippen molar-refractivity contribution in [2.24, 2.45) is 0 Å². The molecule has 0 atom stereocenters. The van der Waals surface area contributed by atoms with Crippen molar-refractivity contribution in [3.05, 3.63) is 48.3 Å². The number of hydrogen-bond donors (Lipinski definition) is 2. The van der Waals surface area contributed by atoms with E-state index in [0.29, 0.717) is 29.7 Å². The molecule has 3 heterocycles. The number of carbonyl (C=O) groups is 1. The third-order valence-electron chi connectivity index (χ3n) is 5.67. The highest BCUT2D eigenvalue weighted by Gasteiger charge is 2.25. The van der Waals surface area contributed by atoms with E-state index in [1.807, 2.05) is 0 Å². The van der Waals surface area contributed by atoms with Crippen LogP contribution in [0.5, 0.6) is 0 Å². The number of nitrogens with one attached hydrogen (secondary N) is 2. The van der Waals surface area contributed by atoms with Gasteiger partial charge in [0.25, 0.3) is 5.91 Å². The summed E-state index contributed by atoms with van der Waals surface area (Å²) in [6, 6.07) is 8.47. The predicted molar refractivity (Wildman–Crippen MR) is 126 cm³/mol. The lowest BCUT2D eigenvalue weighted by atomic mass is 10.1. The quantitative estimate of drug-likeness (QED) is 0.522. The van der Waals surface area contributed by atoms with Gasteiger partial charge in [-0.15, -0.1) is 0 Å². The Bertz CT molecular complexity index is 1370. The molecule has 11 heteroatoms. The standard InChI is InChI=1S/C22H26N4O5S2/c1-32(28,29)12-9-23-22(27)20-15-25-21-19(20)13-17(14-24-21)16-5-7-18(8-6-16)33(30,31)26-10-3-2-4-11-26/h5-8,13-15H,2-4,9-12H2,1H3,(H,23,27)(H,24,25). The van der Waals surface area contributed by atoms with Gasteiger partial charge in [-0.25, -0.2) is 21.8 Å². The number of H-pyrrole nitrogens is 1. The topological polar surface area (TPSA) is 129 Å². The highest BCUT2D eigenvalue weighted by atomic mass is 32.2. The Balaban J connectivity index is 1.56. The van der Waals surface area contributed by atoms with Crippen LogP contribution in [0.3, 0.4) is 0 Å². The Kier molecular flexibility index (Phi) is 6.55. The lowest BCUT2D eigenvalue weighted by Crippen LogP contribution is -2.35. The van der Waals surface area contributed by atoms with Crippen molar-refractivity contribution >= 4 is 36.8 Å². The fourth-order valence-corrected chi connectivity index (χ4v) is 5.86. The van der Waals surface area contributed by atoms with Crippen molar-refractivity contribution in [3.8, 4) is 11.1 Å². The van der Waals surface area contributed by atoms with E-state index in [2.05, 4.69) is 15.3 Å². The third kappa shape index (κ3) is 5.26. The van der Waals surface area contributed by atoms with Crippen LogP contribution >= 0.6 is 0 Å². The van der Waals surface area contributed by atoms with E-state index in [-0.39, 0.29) is 17.2 Å². The van der Waals surface area contributed by atoms with Crippen LogP contribution in [-0.4, -0.2) is 68.7 Å². The largest absolute Gasteiger partial charge is 0.351 e. The van der Waals surface area contributed by atoms with Gasteiger partial charge >= 0.3 is 0 Å². The molecule has 1 saturated heterocycles. The van der Waals surface area contributed by atoms with Crippen molar-refractivity contribution in [3.63, 3.8) is 0 Å². The Morgan fingerprint density at radius 1 is 1.06 bits per heavy atom. The maximum Gasteiger partial charge on any atom is 0.253 e. The number of aromatic nitrogens is 2. The molecule has 0 saturated carbocycles. The zero-order valence-corrected chi connectivity index (χ0v) is 19.9. The molecule has 33 heavy (non-hydrogen) atoms. The van der Waals surface area contributed by atoms with Crippen LogP contribution in [0.4, 0.5) is 0 Å². The summed E-state index contributed by atoms with van der Waals surface area (Å²) in [5, 5.41) is 3.20. The van der Waals surface area contributed by atoms with Crippen LogP contribution in [-0.2, 0) is 19.9 Å². The number of hydrogen-bond acceptors (Lipinski definition) is 6. The molecule has 0 radical (unpaired) electrons. The summed E-state index contributed by atoms with van der Waals surface area (Å²) >= 11 is 0. The first kappa shape index (κ1) is 23.4. The minimum Gasteiger partial charge on any atom is -0.351 e. The highest BCUT2D eigenvalue weighted by Crippen LogP contribution is 2.27. The molecule has 0 spiro atoms. The summed E-state index contributed by atoms with van der Waals surface area (Å²) in [6.07, 6.45) is 7.11. The lowest BCUT2D eigenvalue weighted by Gasteiger charge is -2.25. The van der Waals surface area contributed by atoms with Gasteiger partial charge in [0.1, 0.15) is 15.5 Å². The number of rotatable bonds is 7. The number of pyridine rings is 1. The number of aromatic amines is 1.